The summed E-state index contributed by atoms with van der Waals surface area (Å²) in [5.41, 5.74) is 1.61. The molecular weight excluding hydrogens is 247 g/mol. The van der Waals surface area contributed by atoms with E-state index in [1.165, 1.54) is 41.8 Å². The van der Waals surface area contributed by atoms with Gasteiger partial charge in [-0.1, -0.05) is 0 Å². The van der Waals surface area contributed by atoms with Crippen LogP contribution in [-0.2, 0) is 6.42 Å². The summed E-state index contributed by atoms with van der Waals surface area (Å²) < 4.78 is 1.62. The first kappa shape index (κ1) is 8.59. The van der Waals surface area contributed by atoms with E-state index in [1.54, 1.807) is 8.46 Å². The van der Waals surface area contributed by atoms with E-state index in [0.717, 1.165) is 0 Å². The fraction of sp³-hybridized carbons (Fsp3) is 0.500. The predicted molar refractivity (Wildman–Crippen MR) is 49.7 cm³/mol. The summed E-state index contributed by atoms with van der Waals surface area (Å²) in [5.74, 6) is 0. The second kappa shape index (κ2) is 4.39. The molecule has 54 valence electrons. The molecule has 0 unspecified atom stereocenters. The second-order valence-corrected chi connectivity index (χ2v) is 6.20. The first-order valence-corrected chi connectivity index (χ1v) is 6.19. The number of unbranched alkanes of at least 4 members (excludes halogenated alkanes) is 1. The summed E-state index contributed by atoms with van der Waals surface area (Å²) in [4.78, 5) is 0. The quantitative estimate of drug-likeness (QED) is 0.723. The van der Waals surface area contributed by atoms with Gasteiger partial charge in [-0.05, 0) is 0 Å². The minimum atomic E-state index is 1.30. The minimum absolute atomic E-state index is 1.30. The molecule has 0 saturated heterocycles. The fourth-order valence-corrected chi connectivity index (χ4v) is 2.98. The Morgan fingerprint density at radius 3 is 2.90 bits per heavy atom. The van der Waals surface area contributed by atoms with Crippen LogP contribution in [0, 0.1) is 0 Å². The van der Waals surface area contributed by atoms with Crippen molar-refractivity contribution in [3.63, 3.8) is 0 Å². The number of rotatable bonds is 3. The standard InChI is InChI=1S/C8H11S.Sn.H/c1-2-3-4-8-5-6-9-7-8;;/h5-6H,2-4H2,1H3;;. The Balaban J connectivity index is 2.49. The summed E-state index contributed by atoms with van der Waals surface area (Å²) in [6.07, 6.45) is 3.97. The van der Waals surface area contributed by atoms with Crippen molar-refractivity contribution in [2.75, 3.05) is 0 Å². The van der Waals surface area contributed by atoms with Gasteiger partial charge in [-0.2, -0.15) is 0 Å². The first-order chi connectivity index (χ1) is 4.84. The van der Waals surface area contributed by atoms with Crippen molar-refractivity contribution in [3.05, 3.63) is 17.0 Å². The summed E-state index contributed by atoms with van der Waals surface area (Å²) in [6, 6.07) is 2.28. The summed E-state index contributed by atoms with van der Waals surface area (Å²) in [6.45, 7) is 2.25. The molecular formula is C8H12SSn. The maximum absolute atomic E-state index is 2.28. The third kappa shape index (κ3) is 2.27. The molecule has 0 N–H and O–H groups in total. The van der Waals surface area contributed by atoms with Crippen molar-refractivity contribution < 1.29 is 0 Å². The van der Waals surface area contributed by atoms with Crippen molar-refractivity contribution in [3.8, 4) is 0 Å². The molecule has 0 nitrogen and oxygen atoms in total. The van der Waals surface area contributed by atoms with Crippen LogP contribution in [0.3, 0.4) is 0 Å². The van der Waals surface area contributed by atoms with Crippen LogP contribution in [0.15, 0.2) is 11.4 Å². The molecule has 1 rings (SSSR count). The monoisotopic (exact) mass is 260 g/mol. The van der Waals surface area contributed by atoms with Crippen LogP contribution in [0.2, 0.25) is 0 Å². The molecule has 0 amide bonds. The van der Waals surface area contributed by atoms with Gasteiger partial charge in [0.25, 0.3) is 0 Å². The average molecular weight is 259 g/mol. The summed E-state index contributed by atoms with van der Waals surface area (Å²) >= 11 is 3.21. The molecule has 2 heteroatoms. The summed E-state index contributed by atoms with van der Waals surface area (Å²) in [5, 5.41) is 2.21. The third-order valence-electron chi connectivity index (χ3n) is 1.58. The van der Waals surface area contributed by atoms with Crippen molar-refractivity contribution in [2.45, 2.75) is 26.2 Å². The van der Waals surface area contributed by atoms with E-state index in [4.69, 9.17) is 0 Å². The van der Waals surface area contributed by atoms with Gasteiger partial charge < -0.3 is 0 Å². The van der Waals surface area contributed by atoms with Crippen molar-refractivity contribution >= 4 is 36.8 Å². The molecule has 0 saturated carbocycles. The van der Waals surface area contributed by atoms with Crippen LogP contribution in [0.5, 0.6) is 0 Å². The molecule has 0 aromatic carbocycles. The van der Waals surface area contributed by atoms with Gasteiger partial charge in [0.1, 0.15) is 0 Å². The molecule has 0 spiro atoms. The topological polar surface area (TPSA) is 0 Å². The van der Waals surface area contributed by atoms with Crippen molar-refractivity contribution in [1.29, 1.82) is 0 Å². The van der Waals surface area contributed by atoms with Crippen LogP contribution in [0.1, 0.15) is 25.3 Å². The van der Waals surface area contributed by atoms with Crippen LogP contribution in [0.4, 0.5) is 0 Å². The van der Waals surface area contributed by atoms with Crippen molar-refractivity contribution in [2.24, 2.45) is 0 Å². The molecule has 2 radical (unpaired) electrons. The van der Waals surface area contributed by atoms with E-state index < -0.39 is 0 Å². The predicted octanol–water partition coefficient (Wildman–Crippen LogP) is 1.62. The Labute approximate surface area is 79.7 Å². The number of hydrogen-bond acceptors (Lipinski definition) is 1. The molecule has 0 fully saturated rings. The van der Waals surface area contributed by atoms with Gasteiger partial charge in [0.15, 0.2) is 0 Å². The molecule has 1 heterocycles. The molecule has 1 aromatic heterocycles. The molecule has 1 aromatic rings. The van der Waals surface area contributed by atoms with Crippen LogP contribution < -0.4 is 2.89 Å². The van der Waals surface area contributed by atoms with Crippen LogP contribution >= 0.6 is 11.3 Å². The fourth-order valence-electron chi connectivity index (χ4n) is 0.921. The number of thiophene rings is 1. The Hall–Kier alpha value is 0.499. The van der Waals surface area contributed by atoms with Gasteiger partial charge in [0.2, 0.25) is 0 Å². The van der Waals surface area contributed by atoms with Crippen molar-refractivity contribution in [1.82, 2.24) is 0 Å². The molecule has 0 bridgehead atoms. The SMILES string of the molecule is CCCCc1ccs[c]1[SnH]. The zero-order valence-electron chi connectivity index (χ0n) is 6.26. The number of hydrogen-bond donors (Lipinski definition) is 0. The van der Waals surface area contributed by atoms with E-state index in [2.05, 4.69) is 18.4 Å². The Kier molecular flexibility index (Phi) is 3.77. The Morgan fingerprint density at radius 2 is 2.40 bits per heavy atom. The third-order valence-corrected chi connectivity index (χ3v) is 4.59. The zero-order chi connectivity index (χ0) is 7.40. The van der Waals surface area contributed by atoms with Gasteiger partial charge in [-0.25, -0.2) is 0 Å². The average Bonchev–Trinajstić information content (AvgIpc) is 2.31. The first-order valence-electron chi connectivity index (χ1n) is 3.66. The Morgan fingerprint density at radius 1 is 1.60 bits per heavy atom. The van der Waals surface area contributed by atoms with Gasteiger partial charge in [-0.15, -0.1) is 0 Å². The van der Waals surface area contributed by atoms with E-state index in [0.29, 0.717) is 0 Å². The zero-order valence-corrected chi connectivity index (χ0v) is 10.4. The second-order valence-electron chi connectivity index (χ2n) is 2.41. The summed E-state index contributed by atoms with van der Waals surface area (Å²) in [7, 11) is 0. The van der Waals surface area contributed by atoms with Gasteiger partial charge in [0, 0.05) is 0 Å². The molecule has 0 atom stereocenters. The Bertz CT molecular complexity index is 193. The van der Waals surface area contributed by atoms with E-state index in [-0.39, 0.29) is 0 Å². The van der Waals surface area contributed by atoms with Crippen LogP contribution in [0.25, 0.3) is 0 Å². The molecule has 10 heavy (non-hydrogen) atoms. The number of aryl methyl sites for hydroxylation is 1. The van der Waals surface area contributed by atoms with Gasteiger partial charge >= 0.3 is 80.0 Å². The molecule has 0 aliphatic carbocycles. The van der Waals surface area contributed by atoms with Crippen LogP contribution in [-0.4, -0.2) is 22.5 Å². The normalized spacial score (nSPS) is 10.2. The van der Waals surface area contributed by atoms with E-state index in [9.17, 15) is 0 Å². The molecule has 0 aliphatic heterocycles. The molecule has 0 aliphatic rings. The van der Waals surface area contributed by atoms with Gasteiger partial charge in [0.05, 0.1) is 0 Å². The van der Waals surface area contributed by atoms with Gasteiger partial charge in [-0.3, -0.25) is 0 Å². The maximum atomic E-state index is 2.28. The van der Waals surface area contributed by atoms with E-state index >= 15 is 0 Å². The van der Waals surface area contributed by atoms with E-state index in [1.807, 2.05) is 11.3 Å².